The first-order chi connectivity index (χ1) is 9.88. The SMILES string of the molecule is CC1Sc2cc(C(O)(C(F)(F)F)C(F)(F)F)ccc2NC1=O. The van der Waals surface area contributed by atoms with Crippen molar-refractivity contribution in [3.8, 4) is 0 Å². The summed E-state index contributed by atoms with van der Waals surface area (Å²) in [4.78, 5) is 11.4. The molecule has 122 valence electrons. The van der Waals surface area contributed by atoms with Gasteiger partial charge in [0.25, 0.3) is 5.60 Å². The number of alkyl halides is 6. The van der Waals surface area contributed by atoms with Gasteiger partial charge in [0.05, 0.1) is 10.9 Å². The number of carbonyl (C=O) groups is 1. The van der Waals surface area contributed by atoms with Crippen LogP contribution in [-0.4, -0.2) is 28.6 Å². The van der Waals surface area contributed by atoms with Crippen LogP contribution in [0.4, 0.5) is 32.0 Å². The van der Waals surface area contributed by atoms with Gasteiger partial charge in [-0.15, -0.1) is 11.8 Å². The van der Waals surface area contributed by atoms with Gasteiger partial charge in [0.15, 0.2) is 0 Å². The molecule has 0 saturated heterocycles. The number of nitrogens with one attached hydrogen (secondary N) is 1. The highest BCUT2D eigenvalue weighted by Gasteiger charge is 2.71. The van der Waals surface area contributed by atoms with E-state index in [0.717, 1.165) is 17.8 Å². The maximum atomic E-state index is 12.8. The first-order valence-electron chi connectivity index (χ1n) is 5.86. The maximum Gasteiger partial charge on any atom is 0.430 e. The molecule has 0 aliphatic carbocycles. The van der Waals surface area contributed by atoms with Crippen LogP contribution in [0.3, 0.4) is 0 Å². The predicted octanol–water partition coefficient (Wildman–Crippen LogP) is 3.43. The first-order valence-corrected chi connectivity index (χ1v) is 6.74. The van der Waals surface area contributed by atoms with Gasteiger partial charge >= 0.3 is 12.4 Å². The molecule has 1 unspecified atom stereocenters. The molecule has 1 aromatic carbocycles. The molecule has 10 heteroatoms. The molecule has 0 saturated carbocycles. The van der Waals surface area contributed by atoms with Gasteiger partial charge in [-0.3, -0.25) is 4.79 Å². The van der Waals surface area contributed by atoms with Crippen LogP contribution in [0.5, 0.6) is 0 Å². The maximum absolute atomic E-state index is 12.8. The zero-order valence-electron chi connectivity index (χ0n) is 10.8. The number of fused-ring (bicyclic) bond motifs is 1. The molecule has 22 heavy (non-hydrogen) atoms. The first kappa shape index (κ1) is 16.9. The number of rotatable bonds is 1. The molecular formula is C12H9F6NO2S. The molecule has 1 atom stereocenters. The van der Waals surface area contributed by atoms with Gasteiger partial charge in [-0.05, 0) is 19.1 Å². The molecule has 0 radical (unpaired) electrons. The third-order valence-electron chi connectivity index (χ3n) is 3.15. The summed E-state index contributed by atoms with van der Waals surface area (Å²) in [5.41, 5.74) is -6.22. The Kier molecular flexibility index (Phi) is 3.89. The Bertz CT molecular complexity index is 599. The Hall–Kier alpha value is -1.42. The minimum atomic E-state index is -5.94. The summed E-state index contributed by atoms with van der Waals surface area (Å²) in [6.45, 7) is 1.45. The van der Waals surface area contributed by atoms with Crippen molar-refractivity contribution in [2.45, 2.75) is 35.0 Å². The molecule has 1 aromatic rings. The summed E-state index contributed by atoms with van der Waals surface area (Å²) < 4.78 is 76.9. The lowest BCUT2D eigenvalue weighted by Gasteiger charge is -2.33. The topological polar surface area (TPSA) is 49.3 Å². The summed E-state index contributed by atoms with van der Waals surface area (Å²) in [6, 6.07) is 2.00. The number of hydrogen-bond acceptors (Lipinski definition) is 3. The Morgan fingerprint density at radius 2 is 1.68 bits per heavy atom. The van der Waals surface area contributed by atoms with E-state index in [4.69, 9.17) is 0 Å². The average molecular weight is 345 g/mol. The highest BCUT2D eigenvalue weighted by Crippen LogP contribution is 2.51. The molecule has 3 nitrogen and oxygen atoms in total. The van der Waals surface area contributed by atoms with Crippen molar-refractivity contribution in [3.05, 3.63) is 23.8 Å². The molecule has 1 amide bonds. The lowest BCUT2D eigenvalue weighted by Crippen LogP contribution is -2.54. The minimum absolute atomic E-state index is 0.0246. The van der Waals surface area contributed by atoms with Crippen molar-refractivity contribution in [2.75, 3.05) is 5.32 Å². The second-order valence-corrected chi connectivity index (χ2v) is 6.05. The zero-order valence-corrected chi connectivity index (χ0v) is 11.7. The van der Waals surface area contributed by atoms with Gasteiger partial charge in [0.1, 0.15) is 0 Å². The standard InChI is InChI=1S/C12H9F6NO2S/c1-5-9(20)19-7-3-2-6(4-8(7)22-5)10(21,11(13,14)15)12(16,17)18/h2-5,21H,1H3,(H,19,20). The number of thioether (sulfide) groups is 1. The Morgan fingerprint density at radius 3 is 2.18 bits per heavy atom. The fraction of sp³-hybridized carbons (Fsp3) is 0.417. The van der Waals surface area contributed by atoms with Crippen LogP contribution in [0.15, 0.2) is 23.1 Å². The molecule has 2 N–H and O–H groups in total. The molecule has 1 aliphatic heterocycles. The molecule has 1 heterocycles. The highest BCUT2D eigenvalue weighted by molar-refractivity contribution is 8.00. The second kappa shape index (κ2) is 5.05. The second-order valence-electron chi connectivity index (χ2n) is 4.67. The van der Waals surface area contributed by atoms with Gasteiger partial charge in [-0.2, -0.15) is 26.3 Å². The molecule has 2 rings (SSSR count). The fourth-order valence-electron chi connectivity index (χ4n) is 1.91. The molecule has 1 aliphatic rings. The Balaban J connectivity index is 2.57. The summed E-state index contributed by atoms with van der Waals surface area (Å²) in [6.07, 6.45) is -11.9. The normalized spacial score (nSPS) is 19.6. The molecular weight excluding hydrogens is 336 g/mol. The van der Waals surface area contributed by atoms with Crippen molar-refractivity contribution in [1.29, 1.82) is 0 Å². The van der Waals surface area contributed by atoms with E-state index in [0.29, 0.717) is 12.1 Å². The van der Waals surface area contributed by atoms with Gasteiger partial charge in [0, 0.05) is 10.5 Å². The smallest absolute Gasteiger partial charge is 0.369 e. The quantitative estimate of drug-likeness (QED) is 0.767. The van der Waals surface area contributed by atoms with E-state index in [1.54, 1.807) is 0 Å². The van der Waals surface area contributed by atoms with Crippen molar-refractivity contribution in [1.82, 2.24) is 0 Å². The largest absolute Gasteiger partial charge is 0.430 e. The van der Waals surface area contributed by atoms with Gasteiger partial charge in [-0.1, -0.05) is 6.07 Å². The van der Waals surface area contributed by atoms with Crippen LogP contribution in [0.25, 0.3) is 0 Å². The highest BCUT2D eigenvalue weighted by atomic mass is 32.2. The van der Waals surface area contributed by atoms with Crippen molar-refractivity contribution < 1.29 is 36.2 Å². The van der Waals surface area contributed by atoms with E-state index in [1.165, 1.54) is 6.92 Å². The summed E-state index contributed by atoms with van der Waals surface area (Å²) in [5.74, 6) is -0.410. The van der Waals surface area contributed by atoms with E-state index in [1.807, 2.05) is 0 Å². The van der Waals surface area contributed by atoms with Gasteiger partial charge in [0.2, 0.25) is 5.91 Å². The van der Waals surface area contributed by atoms with Crippen LogP contribution >= 0.6 is 11.8 Å². The number of amides is 1. The van der Waals surface area contributed by atoms with Crippen molar-refractivity contribution in [2.24, 2.45) is 0 Å². The van der Waals surface area contributed by atoms with E-state index in [2.05, 4.69) is 5.32 Å². The zero-order chi connectivity index (χ0) is 16.9. The lowest BCUT2D eigenvalue weighted by atomic mass is 9.92. The third-order valence-corrected chi connectivity index (χ3v) is 4.31. The lowest BCUT2D eigenvalue weighted by molar-refractivity contribution is -0.376. The Morgan fingerprint density at radius 1 is 1.14 bits per heavy atom. The number of hydrogen-bond donors (Lipinski definition) is 2. The molecule has 0 fully saturated rings. The van der Waals surface area contributed by atoms with Crippen LogP contribution in [0, 0.1) is 0 Å². The van der Waals surface area contributed by atoms with E-state index in [-0.39, 0.29) is 10.6 Å². The fourth-order valence-corrected chi connectivity index (χ4v) is 2.90. The number of aliphatic hydroxyl groups is 1. The van der Waals surface area contributed by atoms with Crippen LogP contribution in [-0.2, 0) is 10.4 Å². The van der Waals surface area contributed by atoms with Crippen LogP contribution in [0.1, 0.15) is 12.5 Å². The summed E-state index contributed by atoms with van der Waals surface area (Å²) >= 11 is 0.814. The van der Waals surface area contributed by atoms with E-state index < -0.39 is 34.7 Å². The third kappa shape index (κ3) is 2.54. The van der Waals surface area contributed by atoms with Gasteiger partial charge in [-0.25, -0.2) is 0 Å². The van der Waals surface area contributed by atoms with Crippen LogP contribution in [0.2, 0.25) is 0 Å². The van der Waals surface area contributed by atoms with Crippen molar-refractivity contribution >= 4 is 23.4 Å². The molecule has 0 spiro atoms. The van der Waals surface area contributed by atoms with E-state index in [9.17, 15) is 36.2 Å². The minimum Gasteiger partial charge on any atom is -0.369 e. The average Bonchev–Trinajstić information content (AvgIpc) is 2.36. The number of anilines is 1. The Labute approximate surface area is 124 Å². The molecule has 0 aromatic heterocycles. The number of benzene rings is 1. The van der Waals surface area contributed by atoms with Crippen LogP contribution < -0.4 is 5.32 Å². The predicted molar refractivity (Wildman–Crippen MR) is 66.4 cm³/mol. The number of carbonyl (C=O) groups excluding carboxylic acids is 1. The van der Waals surface area contributed by atoms with Gasteiger partial charge < -0.3 is 10.4 Å². The summed E-state index contributed by atoms with van der Waals surface area (Å²) in [7, 11) is 0. The molecule has 0 bridgehead atoms. The summed E-state index contributed by atoms with van der Waals surface area (Å²) in [5, 5.41) is 11.0. The van der Waals surface area contributed by atoms with E-state index >= 15 is 0 Å². The van der Waals surface area contributed by atoms with Crippen molar-refractivity contribution in [3.63, 3.8) is 0 Å². The monoisotopic (exact) mass is 345 g/mol. The number of halogens is 6.